The second kappa shape index (κ2) is 5.77. The minimum atomic E-state index is -0.255. The molecule has 7 heteroatoms. The highest BCUT2D eigenvalue weighted by molar-refractivity contribution is 5.91. The summed E-state index contributed by atoms with van der Waals surface area (Å²) in [5, 5.41) is 16.5. The maximum absolute atomic E-state index is 12.1. The molecule has 1 aromatic heterocycles. The van der Waals surface area contributed by atoms with E-state index in [0.29, 0.717) is 17.9 Å². The SMILES string of the molecule is CC1(Cn2nc3c(=O)[nH]nc-3c3ccccc32)C=CC(n2cccn2)=CC1. The number of aromatic nitrogens is 6. The van der Waals surface area contributed by atoms with Crippen molar-refractivity contribution in [2.24, 2.45) is 5.41 Å². The van der Waals surface area contributed by atoms with Crippen molar-refractivity contribution in [2.45, 2.75) is 19.9 Å². The second-order valence-corrected chi connectivity index (χ2v) is 7.20. The Morgan fingerprint density at radius 2 is 2.11 bits per heavy atom. The van der Waals surface area contributed by atoms with Crippen LogP contribution in [0.15, 0.2) is 65.7 Å². The maximum Gasteiger partial charge on any atom is 0.294 e. The van der Waals surface area contributed by atoms with Gasteiger partial charge in [-0.3, -0.25) is 9.48 Å². The van der Waals surface area contributed by atoms with Crippen LogP contribution in [0.5, 0.6) is 0 Å². The summed E-state index contributed by atoms with van der Waals surface area (Å²) in [5.74, 6) is 0. The van der Waals surface area contributed by atoms with E-state index < -0.39 is 0 Å². The summed E-state index contributed by atoms with van der Waals surface area (Å²) in [4.78, 5) is 12.1. The van der Waals surface area contributed by atoms with Gasteiger partial charge < -0.3 is 0 Å². The van der Waals surface area contributed by atoms with Gasteiger partial charge in [0, 0.05) is 23.2 Å². The normalized spacial score (nSPS) is 19.7. The molecule has 27 heavy (non-hydrogen) atoms. The maximum atomic E-state index is 12.1. The van der Waals surface area contributed by atoms with Crippen LogP contribution in [0.1, 0.15) is 13.3 Å². The minimum absolute atomic E-state index is 0.114. The Kier molecular flexibility index (Phi) is 3.36. The standard InChI is InChI=1S/C20H18N6O/c1-20(9-7-14(8-10-20)25-12-4-11-21-25)13-26-16-6-3-2-5-15(16)17-18(24-26)19(27)23-22-17/h2-9,11-12H,10,13H2,1H3,(H,23,27). The molecule has 3 heterocycles. The third-order valence-electron chi connectivity index (χ3n) is 5.08. The molecule has 0 amide bonds. The molecule has 0 saturated heterocycles. The van der Waals surface area contributed by atoms with E-state index in [4.69, 9.17) is 0 Å². The van der Waals surface area contributed by atoms with E-state index in [9.17, 15) is 4.79 Å². The smallest absolute Gasteiger partial charge is 0.265 e. The van der Waals surface area contributed by atoms with Gasteiger partial charge in [-0.2, -0.15) is 15.3 Å². The van der Waals surface area contributed by atoms with Crippen molar-refractivity contribution in [3.05, 3.63) is 71.3 Å². The molecule has 7 nitrogen and oxygen atoms in total. The van der Waals surface area contributed by atoms with Gasteiger partial charge in [-0.05, 0) is 24.6 Å². The molecule has 0 spiro atoms. The zero-order valence-corrected chi connectivity index (χ0v) is 14.8. The Labute approximate surface area is 155 Å². The first-order valence-corrected chi connectivity index (χ1v) is 8.86. The fraction of sp³-hybridized carbons (Fsp3) is 0.200. The Bertz CT molecular complexity index is 1210. The zero-order valence-electron chi connectivity index (χ0n) is 14.8. The van der Waals surface area contributed by atoms with Crippen molar-refractivity contribution < 1.29 is 0 Å². The van der Waals surface area contributed by atoms with Gasteiger partial charge in [-0.25, -0.2) is 9.78 Å². The molecular formula is C20H18N6O. The quantitative estimate of drug-likeness (QED) is 0.610. The Balaban J connectivity index is 1.55. The first kappa shape index (κ1) is 15.7. The second-order valence-electron chi connectivity index (χ2n) is 7.20. The van der Waals surface area contributed by atoms with Gasteiger partial charge in [-0.1, -0.05) is 37.3 Å². The van der Waals surface area contributed by atoms with Crippen LogP contribution in [0.25, 0.3) is 28.0 Å². The lowest BCUT2D eigenvalue weighted by molar-refractivity contribution is 0.344. The lowest BCUT2D eigenvalue weighted by atomic mass is 9.83. The first-order valence-electron chi connectivity index (χ1n) is 8.86. The minimum Gasteiger partial charge on any atom is -0.265 e. The van der Waals surface area contributed by atoms with E-state index in [1.54, 1.807) is 6.20 Å². The summed E-state index contributed by atoms with van der Waals surface area (Å²) < 4.78 is 3.78. The summed E-state index contributed by atoms with van der Waals surface area (Å²) in [6, 6.07) is 9.83. The van der Waals surface area contributed by atoms with E-state index in [1.807, 2.05) is 45.9 Å². The number of benzene rings is 1. The number of hydrogen-bond donors (Lipinski definition) is 1. The molecule has 1 N–H and O–H groups in total. The van der Waals surface area contributed by atoms with Crippen molar-refractivity contribution in [2.75, 3.05) is 0 Å². The van der Waals surface area contributed by atoms with Crippen molar-refractivity contribution in [1.29, 1.82) is 0 Å². The summed E-state index contributed by atoms with van der Waals surface area (Å²) >= 11 is 0. The van der Waals surface area contributed by atoms with Gasteiger partial charge >= 0.3 is 0 Å². The third-order valence-corrected chi connectivity index (χ3v) is 5.08. The van der Waals surface area contributed by atoms with Crippen LogP contribution >= 0.6 is 0 Å². The van der Waals surface area contributed by atoms with Crippen LogP contribution in [-0.4, -0.2) is 29.8 Å². The molecule has 0 saturated carbocycles. The number of nitrogens with one attached hydrogen (secondary N) is 1. The highest BCUT2D eigenvalue weighted by Gasteiger charge is 2.26. The molecule has 3 aliphatic rings. The molecule has 134 valence electrons. The van der Waals surface area contributed by atoms with Gasteiger partial charge in [0.2, 0.25) is 0 Å². The van der Waals surface area contributed by atoms with Gasteiger partial charge in [0.25, 0.3) is 5.56 Å². The number of aromatic amines is 1. The number of nitrogens with zero attached hydrogens (tertiary/aromatic N) is 5. The molecule has 1 aliphatic carbocycles. The lowest BCUT2D eigenvalue weighted by Gasteiger charge is -2.29. The lowest BCUT2D eigenvalue weighted by Crippen LogP contribution is -2.25. The molecule has 5 rings (SSSR count). The Hall–Kier alpha value is -3.48. The van der Waals surface area contributed by atoms with E-state index in [2.05, 4.69) is 45.5 Å². The predicted octanol–water partition coefficient (Wildman–Crippen LogP) is 2.93. The molecule has 2 aromatic rings. The van der Waals surface area contributed by atoms with Crippen LogP contribution in [0.2, 0.25) is 0 Å². The number of H-pyrrole nitrogens is 1. The topological polar surface area (TPSA) is 81.4 Å². The van der Waals surface area contributed by atoms with Crippen molar-refractivity contribution in [1.82, 2.24) is 29.8 Å². The van der Waals surface area contributed by atoms with E-state index in [0.717, 1.165) is 23.0 Å². The van der Waals surface area contributed by atoms with Gasteiger partial charge in [0.15, 0.2) is 5.69 Å². The molecule has 0 fully saturated rings. The van der Waals surface area contributed by atoms with E-state index >= 15 is 0 Å². The van der Waals surface area contributed by atoms with Crippen molar-refractivity contribution in [3.63, 3.8) is 0 Å². The van der Waals surface area contributed by atoms with Gasteiger partial charge in [0.05, 0.1) is 17.8 Å². The number of rotatable bonds is 3. The molecular weight excluding hydrogens is 340 g/mol. The van der Waals surface area contributed by atoms with Crippen LogP contribution in [0, 0.1) is 5.41 Å². The zero-order chi connectivity index (χ0) is 18.4. The first-order chi connectivity index (χ1) is 13.1. The molecule has 1 aromatic carbocycles. The van der Waals surface area contributed by atoms with Crippen LogP contribution in [0.3, 0.4) is 0 Å². The Morgan fingerprint density at radius 3 is 2.89 bits per heavy atom. The van der Waals surface area contributed by atoms with Gasteiger partial charge in [0.1, 0.15) is 5.69 Å². The fourth-order valence-electron chi connectivity index (χ4n) is 3.61. The van der Waals surface area contributed by atoms with E-state index in [1.165, 1.54) is 0 Å². The molecule has 0 radical (unpaired) electrons. The average Bonchev–Trinajstić information content (AvgIpc) is 3.33. The summed E-state index contributed by atoms with van der Waals surface area (Å²) in [7, 11) is 0. The average molecular weight is 358 g/mol. The number of hydrogen-bond acceptors (Lipinski definition) is 4. The molecule has 1 atom stereocenters. The number of para-hydroxylation sites is 1. The molecule has 1 unspecified atom stereocenters. The number of allylic oxidation sites excluding steroid dienone is 4. The highest BCUT2D eigenvalue weighted by atomic mass is 16.1. The molecule has 0 bridgehead atoms. The van der Waals surface area contributed by atoms with E-state index in [-0.39, 0.29) is 11.0 Å². The summed E-state index contributed by atoms with van der Waals surface area (Å²) in [6.45, 7) is 2.86. The van der Waals surface area contributed by atoms with Crippen LogP contribution in [-0.2, 0) is 6.54 Å². The molecule has 2 aliphatic heterocycles. The Morgan fingerprint density at radius 1 is 1.22 bits per heavy atom. The third kappa shape index (κ3) is 2.59. The number of fused-ring (bicyclic) bond motifs is 3. The van der Waals surface area contributed by atoms with Crippen molar-refractivity contribution in [3.8, 4) is 11.4 Å². The predicted molar refractivity (Wildman–Crippen MR) is 103 cm³/mol. The van der Waals surface area contributed by atoms with Crippen LogP contribution in [0.4, 0.5) is 0 Å². The summed E-state index contributed by atoms with van der Waals surface area (Å²) in [5.41, 5.74) is 2.66. The monoisotopic (exact) mass is 358 g/mol. The van der Waals surface area contributed by atoms with Gasteiger partial charge in [-0.15, -0.1) is 0 Å². The summed E-state index contributed by atoms with van der Waals surface area (Å²) in [6.07, 6.45) is 11.0. The van der Waals surface area contributed by atoms with Crippen LogP contribution < -0.4 is 5.56 Å². The fourth-order valence-corrected chi connectivity index (χ4v) is 3.61. The largest absolute Gasteiger partial charge is 0.294 e. The van der Waals surface area contributed by atoms with Crippen molar-refractivity contribution >= 4 is 16.6 Å². The highest BCUT2D eigenvalue weighted by Crippen LogP contribution is 2.34.